The first-order valence-corrected chi connectivity index (χ1v) is 11.4. The van der Waals surface area contributed by atoms with Gasteiger partial charge in [0.1, 0.15) is 23.3 Å². The highest BCUT2D eigenvalue weighted by molar-refractivity contribution is 8.13. The van der Waals surface area contributed by atoms with Crippen LogP contribution in [0.5, 0.6) is 0 Å². The quantitative estimate of drug-likeness (QED) is 0.618. The van der Waals surface area contributed by atoms with Gasteiger partial charge in [-0.25, -0.2) is 13.8 Å². The smallest absolute Gasteiger partial charge is 0.257 e. The Morgan fingerprint density at radius 3 is 2.76 bits per heavy atom. The molecule has 2 aromatic carbocycles. The lowest BCUT2D eigenvalue weighted by Crippen LogP contribution is -2.49. The Bertz CT molecular complexity index is 1220. The number of carbonyl (C=O) groups excluding carboxylic acids is 1. The summed E-state index contributed by atoms with van der Waals surface area (Å²) in [5.41, 5.74) is -0.418. The first-order chi connectivity index (χ1) is 15.9. The number of nitrogens with zero attached hydrogens (tertiary/aromatic N) is 3. The Morgan fingerprint density at radius 1 is 1.21 bits per heavy atom. The van der Waals surface area contributed by atoms with Crippen LogP contribution in [0.2, 0.25) is 0 Å². The second-order valence-electron chi connectivity index (χ2n) is 8.00. The molecule has 10 heteroatoms. The zero-order valence-corrected chi connectivity index (χ0v) is 18.4. The number of amides is 1. The van der Waals surface area contributed by atoms with E-state index in [-0.39, 0.29) is 24.0 Å². The van der Waals surface area contributed by atoms with Crippen LogP contribution >= 0.6 is 11.8 Å². The van der Waals surface area contributed by atoms with Crippen LogP contribution in [0, 0.1) is 24.5 Å². The van der Waals surface area contributed by atoms with Crippen LogP contribution in [-0.4, -0.2) is 33.6 Å². The number of carbonyl (C=O) groups is 1. The van der Waals surface area contributed by atoms with Gasteiger partial charge < -0.3 is 14.6 Å². The molecule has 1 aromatic heterocycles. The molecule has 5 rings (SSSR count). The third-order valence-corrected chi connectivity index (χ3v) is 6.92. The summed E-state index contributed by atoms with van der Waals surface area (Å²) >= 11 is 1.38. The Morgan fingerprint density at radius 2 is 2.03 bits per heavy atom. The first kappa shape index (κ1) is 21.7. The van der Waals surface area contributed by atoms with E-state index in [1.807, 2.05) is 6.07 Å². The second-order valence-corrected chi connectivity index (χ2v) is 9.01. The van der Waals surface area contributed by atoms with Gasteiger partial charge in [0.15, 0.2) is 5.17 Å². The number of hydrogen-bond acceptors (Lipinski definition) is 7. The molecule has 1 amide bonds. The number of fused-ring (bicyclic) bond motifs is 1. The highest BCUT2D eigenvalue weighted by Gasteiger charge is 2.50. The number of aryl methyl sites for hydroxylation is 1. The zero-order chi connectivity index (χ0) is 23.0. The predicted molar refractivity (Wildman–Crippen MR) is 118 cm³/mol. The molecular weight excluding hydrogens is 450 g/mol. The second kappa shape index (κ2) is 8.68. The minimum Gasteiger partial charge on any atom is -0.367 e. The van der Waals surface area contributed by atoms with E-state index in [1.54, 1.807) is 31.2 Å². The van der Waals surface area contributed by atoms with Crippen LogP contribution in [0.25, 0.3) is 0 Å². The van der Waals surface area contributed by atoms with Crippen molar-refractivity contribution >= 4 is 22.8 Å². The fourth-order valence-electron chi connectivity index (χ4n) is 4.24. The summed E-state index contributed by atoms with van der Waals surface area (Å²) in [5.74, 6) is -0.463. The van der Waals surface area contributed by atoms with Crippen molar-refractivity contribution < 1.29 is 22.8 Å². The number of halogens is 2. The van der Waals surface area contributed by atoms with E-state index in [4.69, 9.17) is 14.3 Å². The number of benzene rings is 2. The van der Waals surface area contributed by atoms with Gasteiger partial charge in [0.2, 0.25) is 11.7 Å². The first-order valence-electron chi connectivity index (χ1n) is 10.4. The molecule has 33 heavy (non-hydrogen) atoms. The maximum atomic E-state index is 15.0. The van der Waals surface area contributed by atoms with Gasteiger partial charge in [-0.2, -0.15) is 4.98 Å². The molecule has 0 spiro atoms. The van der Waals surface area contributed by atoms with Gasteiger partial charge in [-0.15, -0.1) is 0 Å². The average Bonchev–Trinajstić information content (AvgIpc) is 3.25. The topological polar surface area (TPSA) is 89.6 Å². The zero-order valence-electron chi connectivity index (χ0n) is 17.6. The predicted octanol–water partition coefficient (Wildman–Crippen LogP) is 4.16. The summed E-state index contributed by atoms with van der Waals surface area (Å²) in [5, 5.41) is 7.14. The molecule has 0 radical (unpaired) electrons. The van der Waals surface area contributed by atoms with E-state index in [9.17, 15) is 13.6 Å². The lowest BCUT2D eigenvalue weighted by Gasteiger charge is -2.46. The van der Waals surface area contributed by atoms with Crippen LogP contribution in [0.4, 0.5) is 8.78 Å². The Kier molecular flexibility index (Phi) is 5.71. The van der Waals surface area contributed by atoms with Crippen LogP contribution in [-0.2, 0) is 10.3 Å². The fourth-order valence-corrected chi connectivity index (χ4v) is 5.40. The number of aliphatic imine (C=N–C) groups is 1. The van der Waals surface area contributed by atoms with Crippen molar-refractivity contribution in [2.75, 3.05) is 12.4 Å². The van der Waals surface area contributed by atoms with E-state index in [0.717, 1.165) is 6.07 Å². The van der Waals surface area contributed by atoms with Gasteiger partial charge in [0.25, 0.3) is 5.91 Å². The highest BCUT2D eigenvalue weighted by atomic mass is 32.2. The van der Waals surface area contributed by atoms with Gasteiger partial charge in [0, 0.05) is 35.8 Å². The summed E-state index contributed by atoms with van der Waals surface area (Å²) in [6, 6.07) is 12.2. The molecule has 7 nitrogen and oxygen atoms in total. The van der Waals surface area contributed by atoms with E-state index >= 15 is 0 Å². The Balaban J connectivity index is 1.50. The number of nitrogens with one attached hydrogen (secondary N) is 1. The van der Waals surface area contributed by atoms with E-state index in [2.05, 4.69) is 15.5 Å². The molecular formula is C23H20F2N4O3S. The van der Waals surface area contributed by atoms with Gasteiger partial charge >= 0.3 is 0 Å². The van der Waals surface area contributed by atoms with Gasteiger partial charge in [0.05, 0.1) is 6.61 Å². The molecule has 2 aliphatic heterocycles. The third kappa shape index (κ3) is 4.16. The molecule has 3 heterocycles. The Labute approximate surface area is 192 Å². The summed E-state index contributed by atoms with van der Waals surface area (Å²) in [6.07, 6.45) is 0.0342. The van der Waals surface area contributed by atoms with Crippen LogP contribution < -0.4 is 5.32 Å². The minimum absolute atomic E-state index is 0.0176. The number of hydrogen-bond donors (Lipinski definition) is 1. The molecule has 0 bridgehead atoms. The van der Waals surface area contributed by atoms with Crippen molar-refractivity contribution in [2.24, 2.45) is 10.9 Å². The highest BCUT2D eigenvalue weighted by Crippen LogP contribution is 2.49. The van der Waals surface area contributed by atoms with Crippen molar-refractivity contribution in [3.63, 3.8) is 0 Å². The molecule has 0 saturated carbocycles. The number of aromatic nitrogens is 2. The van der Waals surface area contributed by atoms with Crippen LogP contribution in [0.1, 0.15) is 40.2 Å². The van der Waals surface area contributed by atoms with Crippen LogP contribution in [0.15, 0.2) is 58.0 Å². The summed E-state index contributed by atoms with van der Waals surface area (Å²) < 4.78 is 39.8. The number of rotatable bonds is 3. The monoisotopic (exact) mass is 470 g/mol. The molecule has 3 aromatic rings. The van der Waals surface area contributed by atoms with E-state index < -0.39 is 23.3 Å². The molecule has 0 aliphatic carbocycles. The molecule has 170 valence electrons. The van der Waals surface area contributed by atoms with Crippen molar-refractivity contribution in [1.29, 1.82) is 0 Å². The fraction of sp³-hybridized carbons (Fsp3) is 0.304. The van der Waals surface area contributed by atoms with Crippen molar-refractivity contribution in [2.45, 2.75) is 25.0 Å². The van der Waals surface area contributed by atoms with Gasteiger partial charge in [-0.1, -0.05) is 41.2 Å². The largest absolute Gasteiger partial charge is 0.367 e. The molecule has 1 saturated heterocycles. The van der Waals surface area contributed by atoms with Gasteiger partial charge in [-0.05, 0) is 24.6 Å². The van der Waals surface area contributed by atoms with Crippen LogP contribution in [0.3, 0.4) is 0 Å². The Hall–Kier alpha value is -3.11. The SMILES string of the molecule is Cc1nc(C2CC3CSC(NC(=O)c4ccccc4)=NC3(c3ccc(F)cc3F)CO2)no1. The maximum Gasteiger partial charge on any atom is 0.257 e. The summed E-state index contributed by atoms with van der Waals surface area (Å²) in [4.78, 5) is 21.7. The van der Waals surface area contributed by atoms with E-state index in [1.165, 1.54) is 23.9 Å². The summed E-state index contributed by atoms with van der Waals surface area (Å²) in [7, 11) is 0. The van der Waals surface area contributed by atoms with Gasteiger partial charge in [-0.3, -0.25) is 4.79 Å². The van der Waals surface area contributed by atoms with E-state index in [0.29, 0.717) is 34.6 Å². The standard InChI is InChI=1S/C23H20F2N4O3S/c1-13-26-20(29-32-13)19-9-15-11-33-22(27-21(30)14-5-3-2-4-6-14)28-23(15,12-31-19)17-8-7-16(24)10-18(17)25/h2-8,10,15,19H,9,11-12H2,1H3,(H,27,28,30). The van der Waals surface area contributed by atoms with Crippen molar-refractivity contribution in [3.8, 4) is 0 Å². The number of ether oxygens (including phenoxy) is 1. The average molecular weight is 471 g/mol. The molecule has 1 N–H and O–H groups in total. The normalized spacial score (nSPS) is 24.6. The summed E-state index contributed by atoms with van der Waals surface area (Å²) in [6.45, 7) is 1.71. The maximum absolute atomic E-state index is 15.0. The lowest BCUT2D eigenvalue weighted by molar-refractivity contribution is -0.0634. The molecule has 1 fully saturated rings. The number of amidine groups is 1. The number of thioether (sulfide) groups is 1. The lowest BCUT2D eigenvalue weighted by atomic mass is 9.75. The third-order valence-electron chi connectivity index (χ3n) is 5.89. The molecule has 3 unspecified atom stereocenters. The molecule has 2 aliphatic rings. The van der Waals surface area contributed by atoms with Crippen molar-refractivity contribution in [1.82, 2.24) is 15.5 Å². The molecule has 3 atom stereocenters. The van der Waals surface area contributed by atoms with Crippen molar-refractivity contribution in [3.05, 3.63) is 83.0 Å². The minimum atomic E-state index is -1.13.